The molecule has 4 heteroatoms. The third-order valence-corrected chi connectivity index (χ3v) is 11.3. The van der Waals surface area contributed by atoms with Crippen molar-refractivity contribution in [1.82, 2.24) is 0 Å². The van der Waals surface area contributed by atoms with Gasteiger partial charge in [-0.1, -0.05) is 99.5 Å². The first-order chi connectivity index (χ1) is 23.9. The maximum atomic E-state index is 12.8. The molecule has 2 aliphatic carbocycles. The van der Waals surface area contributed by atoms with Crippen LogP contribution in [0, 0.1) is 11.8 Å². The first-order valence-electron chi connectivity index (χ1n) is 18.7. The van der Waals surface area contributed by atoms with Crippen molar-refractivity contribution in [3.63, 3.8) is 0 Å². The van der Waals surface area contributed by atoms with E-state index in [2.05, 4.69) is 62.4 Å². The van der Waals surface area contributed by atoms with Gasteiger partial charge in [-0.15, -0.1) is 0 Å². The Labute approximate surface area is 293 Å². The van der Waals surface area contributed by atoms with Gasteiger partial charge >= 0.3 is 11.9 Å². The molecule has 1 atom stereocenters. The third kappa shape index (κ3) is 8.90. The molecule has 0 aliphatic heterocycles. The van der Waals surface area contributed by atoms with Crippen LogP contribution >= 0.6 is 0 Å². The lowest BCUT2D eigenvalue weighted by Gasteiger charge is -2.28. The van der Waals surface area contributed by atoms with Crippen LogP contribution in [0.15, 0.2) is 97.1 Å². The Morgan fingerprint density at radius 3 is 1.24 bits per heavy atom. The predicted octanol–water partition coefficient (Wildman–Crippen LogP) is 11.8. The summed E-state index contributed by atoms with van der Waals surface area (Å²) >= 11 is 0. The third-order valence-electron chi connectivity index (χ3n) is 11.3. The van der Waals surface area contributed by atoms with Crippen molar-refractivity contribution in [2.24, 2.45) is 11.8 Å². The molecule has 256 valence electrons. The highest BCUT2D eigenvalue weighted by Crippen LogP contribution is 2.39. The molecule has 0 radical (unpaired) electrons. The lowest BCUT2D eigenvalue weighted by molar-refractivity contribution is 0.00448. The first-order valence-corrected chi connectivity index (χ1v) is 18.7. The number of carbonyl (C=O) groups is 2. The number of carbonyl (C=O) groups excluding carboxylic acids is 2. The smallest absolute Gasteiger partial charge is 0.338 e. The Morgan fingerprint density at radius 2 is 0.878 bits per heavy atom. The monoisotopic (exact) mass is 656 g/mol. The molecule has 0 bridgehead atoms. The molecule has 49 heavy (non-hydrogen) atoms. The Morgan fingerprint density at radius 1 is 0.531 bits per heavy atom. The van der Waals surface area contributed by atoms with Crippen molar-refractivity contribution in [3.05, 3.63) is 119 Å². The van der Waals surface area contributed by atoms with Crippen LogP contribution in [0.4, 0.5) is 0 Å². The largest absolute Gasteiger partial charge is 0.458 e. The number of ether oxygens (including phenoxy) is 2. The van der Waals surface area contributed by atoms with Crippen LogP contribution in [0.5, 0.6) is 0 Å². The van der Waals surface area contributed by atoms with Crippen molar-refractivity contribution >= 4 is 11.9 Å². The van der Waals surface area contributed by atoms with Gasteiger partial charge in [0, 0.05) is 0 Å². The van der Waals surface area contributed by atoms with Crippen molar-refractivity contribution in [3.8, 4) is 22.3 Å². The molecule has 0 N–H and O–H groups in total. The molecule has 0 heterocycles. The lowest BCUT2D eigenvalue weighted by atomic mass is 9.77. The van der Waals surface area contributed by atoms with Gasteiger partial charge in [0.2, 0.25) is 0 Å². The van der Waals surface area contributed by atoms with E-state index in [1.165, 1.54) is 75.3 Å². The minimum absolute atomic E-state index is 0.0154. The molecule has 2 aliphatic rings. The molecule has 4 aromatic carbocycles. The van der Waals surface area contributed by atoms with Crippen LogP contribution in [-0.4, -0.2) is 24.6 Å². The van der Waals surface area contributed by atoms with Crippen LogP contribution in [0.2, 0.25) is 0 Å². The molecule has 0 amide bonds. The summed E-state index contributed by atoms with van der Waals surface area (Å²) in [7, 11) is 0. The summed E-state index contributed by atoms with van der Waals surface area (Å²) in [5.41, 5.74) is 8.21. The zero-order chi connectivity index (χ0) is 34.2. The highest BCUT2D eigenvalue weighted by atomic mass is 16.6. The Bertz CT molecular complexity index is 1640. The summed E-state index contributed by atoms with van der Waals surface area (Å²) in [6, 6.07) is 32.8. The van der Waals surface area contributed by atoms with Gasteiger partial charge in [0.1, 0.15) is 12.7 Å². The number of benzene rings is 4. The van der Waals surface area contributed by atoms with Gasteiger partial charge < -0.3 is 9.47 Å². The summed E-state index contributed by atoms with van der Waals surface area (Å²) in [6.07, 6.45) is 12.5. The molecular weight excluding hydrogens is 604 g/mol. The van der Waals surface area contributed by atoms with Gasteiger partial charge in [0.25, 0.3) is 0 Å². The molecule has 0 aromatic heterocycles. The normalized spacial score (nSPS) is 21.4. The Balaban J connectivity index is 0.949. The summed E-state index contributed by atoms with van der Waals surface area (Å²) < 4.78 is 11.1. The van der Waals surface area contributed by atoms with E-state index < -0.39 is 18.0 Å². The fourth-order valence-electron chi connectivity index (χ4n) is 7.86. The predicted molar refractivity (Wildman–Crippen MR) is 199 cm³/mol. The summed E-state index contributed by atoms with van der Waals surface area (Å²) in [4.78, 5) is 25.6. The molecule has 4 aromatic rings. The maximum absolute atomic E-state index is 12.8. The van der Waals surface area contributed by atoms with Crippen LogP contribution in [-0.2, 0) is 9.47 Å². The van der Waals surface area contributed by atoms with Crippen LogP contribution in [0.25, 0.3) is 22.3 Å². The fourth-order valence-corrected chi connectivity index (χ4v) is 7.86. The summed E-state index contributed by atoms with van der Waals surface area (Å²) in [5, 5.41) is 0. The second-order valence-electron chi connectivity index (χ2n) is 14.5. The average Bonchev–Trinajstić information content (AvgIpc) is 3.17. The molecular formula is C45H52O4. The molecule has 2 fully saturated rings. The van der Waals surface area contributed by atoms with E-state index in [1.54, 1.807) is 31.2 Å². The van der Waals surface area contributed by atoms with Crippen LogP contribution in [0.3, 0.4) is 0 Å². The number of rotatable bonds is 11. The summed E-state index contributed by atoms with van der Waals surface area (Å²) in [6.45, 7) is 6.33. The number of hydrogen-bond acceptors (Lipinski definition) is 4. The topological polar surface area (TPSA) is 52.6 Å². The first kappa shape index (κ1) is 34.7. The average molecular weight is 657 g/mol. The quantitative estimate of drug-likeness (QED) is 0.151. The van der Waals surface area contributed by atoms with E-state index >= 15 is 0 Å². The van der Waals surface area contributed by atoms with Gasteiger partial charge in [-0.3, -0.25) is 0 Å². The van der Waals surface area contributed by atoms with E-state index in [1.807, 2.05) is 24.3 Å². The van der Waals surface area contributed by atoms with Crippen molar-refractivity contribution in [2.45, 2.75) is 103 Å². The van der Waals surface area contributed by atoms with Crippen molar-refractivity contribution in [1.29, 1.82) is 0 Å². The van der Waals surface area contributed by atoms with Gasteiger partial charge in [-0.05, 0) is 140 Å². The molecule has 6 rings (SSSR count). The number of hydrogen-bond donors (Lipinski definition) is 0. The molecule has 0 saturated heterocycles. The van der Waals surface area contributed by atoms with E-state index in [0.717, 1.165) is 34.1 Å². The Hall–Kier alpha value is -4.18. The van der Waals surface area contributed by atoms with Crippen molar-refractivity contribution in [2.75, 3.05) is 6.61 Å². The summed E-state index contributed by atoms with van der Waals surface area (Å²) in [5.74, 6) is 2.27. The van der Waals surface area contributed by atoms with Crippen molar-refractivity contribution < 1.29 is 19.1 Å². The zero-order valence-electron chi connectivity index (χ0n) is 29.5. The van der Waals surface area contributed by atoms with Crippen LogP contribution in [0.1, 0.15) is 129 Å². The number of esters is 2. The van der Waals surface area contributed by atoms with E-state index in [9.17, 15) is 9.59 Å². The highest BCUT2D eigenvalue weighted by Gasteiger charge is 2.23. The van der Waals surface area contributed by atoms with E-state index in [4.69, 9.17) is 9.47 Å². The minimum Gasteiger partial charge on any atom is -0.458 e. The molecule has 1 unspecified atom stereocenters. The van der Waals surface area contributed by atoms with Gasteiger partial charge in [-0.2, -0.15) is 0 Å². The maximum Gasteiger partial charge on any atom is 0.338 e. The highest BCUT2D eigenvalue weighted by molar-refractivity contribution is 5.91. The van der Waals surface area contributed by atoms with E-state index in [-0.39, 0.29) is 6.61 Å². The minimum atomic E-state index is -0.578. The van der Waals surface area contributed by atoms with Gasteiger partial charge in [0.15, 0.2) is 0 Å². The standard InChI is InChI=1S/C45H52O4/c1-4-32-6-10-34(11-7-32)36-14-18-38(19-15-36)40-22-26-42(27-23-40)44(46)48-30-31(3)49-45(47)43-28-24-41(25-29-43)39-20-16-37(17-21-39)35-12-8-33(5-2)9-13-35/h14-29,31-35H,4-13,30H2,1-3H3. The molecule has 2 saturated carbocycles. The van der Waals surface area contributed by atoms with Gasteiger partial charge in [0.05, 0.1) is 11.1 Å². The molecule has 0 spiro atoms. The zero-order valence-corrected chi connectivity index (χ0v) is 29.5. The van der Waals surface area contributed by atoms with Gasteiger partial charge in [-0.25, -0.2) is 9.59 Å². The SMILES string of the molecule is CCC1CCC(c2ccc(-c3ccc(C(=O)OCC(C)OC(=O)c4ccc(-c5ccc(C6CCC(CC)CC6)cc5)cc4)cc3)cc2)CC1. The fraction of sp³-hybridized carbons (Fsp3) is 0.422. The van der Waals surface area contributed by atoms with E-state index in [0.29, 0.717) is 23.0 Å². The van der Waals surface area contributed by atoms with Crippen LogP contribution < -0.4 is 0 Å². The second kappa shape index (κ2) is 16.5. The second-order valence-corrected chi connectivity index (χ2v) is 14.5. The molecule has 4 nitrogen and oxygen atoms in total. The Kier molecular flexibility index (Phi) is 11.7. The lowest BCUT2D eigenvalue weighted by Crippen LogP contribution is -2.22.